The van der Waals surface area contributed by atoms with E-state index in [1.165, 1.54) is 31.4 Å². The Morgan fingerprint density at radius 1 is 1.00 bits per heavy atom. The Bertz CT molecular complexity index is 646. The number of benzene rings is 1. The Morgan fingerprint density at radius 3 is 2.42 bits per heavy atom. The van der Waals surface area contributed by atoms with Gasteiger partial charge in [0, 0.05) is 0 Å². The fourth-order valence-corrected chi connectivity index (χ4v) is 4.84. The maximum Gasteiger partial charge on any atom is 0.314 e. The van der Waals surface area contributed by atoms with Crippen molar-refractivity contribution in [1.29, 1.82) is 0 Å². The molecule has 26 heavy (non-hydrogen) atoms. The minimum Gasteiger partial charge on any atom is -0.490 e. The molecule has 2 saturated carbocycles. The molecule has 4 atom stereocenters. The van der Waals surface area contributed by atoms with Crippen molar-refractivity contribution in [3.63, 3.8) is 0 Å². The molecule has 0 spiro atoms. The minimum absolute atomic E-state index is 0.150. The third-order valence-electron chi connectivity index (χ3n) is 6.00. The molecule has 0 heterocycles. The Balaban J connectivity index is 1.66. The normalized spacial score (nSPS) is 27.4. The van der Waals surface area contributed by atoms with Gasteiger partial charge in [0.05, 0.1) is 12.5 Å². The van der Waals surface area contributed by atoms with Crippen molar-refractivity contribution >= 4 is 5.97 Å². The van der Waals surface area contributed by atoms with E-state index in [9.17, 15) is 13.6 Å². The molecule has 2 aliphatic rings. The lowest BCUT2D eigenvalue weighted by Gasteiger charge is -2.20. The van der Waals surface area contributed by atoms with Crippen LogP contribution in [0.4, 0.5) is 8.78 Å². The number of rotatable bonds is 7. The summed E-state index contributed by atoms with van der Waals surface area (Å²) in [5.41, 5.74) is 0. The summed E-state index contributed by atoms with van der Waals surface area (Å²) in [4.78, 5) is 12.6. The quantitative estimate of drug-likeness (QED) is 0.471. The summed E-state index contributed by atoms with van der Waals surface area (Å²) < 4.78 is 38.7. The van der Waals surface area contributed by atoms with Crippen LogP contribution in [0.5, 0.6) is 11.5 Å². The van der Waals surface area contributed by atoms with E-state index < -0.39 is 17.6 Å². The van der Waals surface area contributed by atoms with E-state index in [1.54, 1.807) is 0 Å². The number of carbonyl (C=O) groups excluding carboxylic acids is 1. The van der Waals surface area contributed by atoms with Crippen LogP contribution in [0.2, 0.25) is 0 Å². The van der Waals surface area contributed by atoms with E-state index in [0.717, 1.165) is 19.3 Å². The van der Waals surface area contributed by atoms with E-state index in [4.69, 9.17) is 9.47 Å². The molecule has 0 saturated heterocycles. The third kappa shape index (κ3) is 3.72. The molecule has 4 unspecified atom stereocenters. The van der Waals surface area contributed by atoms with Crippen molar-refractivity contribution in [1.82, 2.24) is 0 Å². The second kappa shape index (κ2) is 8.36. The van der Waals surface area contributed by atoms with Crippen LogP contribution in [0.25, 0.3) is 0 Å². The van der Waals surface area contributed by atoms with E-state index in [2.05, 4.69) is 6.92 Å². The van der Waals surface area contributed by atoms with Crippen LogP contribution in [0.1, 0.15) is 58.8 Å². The number of hydrogen-bond acceptors (Lipinski definition) is 3. The van der Waals surface area contributed by atoms with Gasteiger partial charge in [-0.05, 0) is 62.0 Å². The SMILES string of the molecule is CCCOc1ccc(OC(=O)C2CCC3C(CCC)CCC23)c(F)c1F. The molecule has 144 valence electrons. The number of esters is 1. The molecular weight excluding hydrogens is 338 g/mol. The third-order valence-corrected chi connectivity index (χ3v) is 6.00. The van der Waals surface area contributed by atoms with Gasteiger partial charge in [-0.15, -0.1) is 0 Å². The van der Waals surface area contributed by atoms with E-state index in [0.29, 0.717) is 30.8 Å². The highest BCUT2D eigenvalue weighted by atomic mass is 19.2. The zero-order valence-electron chi connectivity index (χ0n) is 15.6. The molecule has 2 aliphatic carbocycles. The van der Waals surface area contributed by atoms with E-state index >= 15 is 0 Å². The molecule has 0 aliphatic heterocycles. The molecule has 0 aromatic heterocycles. The first-order valence-electron chi connectivity index (χ1n) is 9.89. The van der Waals surface area contributed by atoms with Crippen molar-refractivity contribution < 1.29 is 23.0 Å². The van der Waals surface area contributed by atoms with Crippen LogP contribution in [0.3, 0.4) is 0 Å². The summed E-state index contributed by atoms with van der Waals surface area (Å²) in [6.45, 7) is 4.38. The largest absolute Gasteiger partial charge is 0.490 e. The first-order chi connectivity index (χ1) is 12.6. The fraction of sp³-hybridized carbons (Fsp3) is 0.667. The Morgan fingerprint density at radius 2 is 1.69 bits per heavy atom. The monoisotopic (exact) mass is 366 g/mol. The van der Waals surface area contributed by atoms with Crippen molar-refractivity contribution in [3.8, 4) is 11.5 Å². The van der Waals surface area contributed by atoms with Crippen LogP contribution < -0.4 is 9.47 Å². The van der Waals surface area contributed by atoms with Crippen molar-refractivity contribution in [2.45, 2.75) is 58.8 Å². The molecule has 2 fully saturated rings. The minimum atomic E-state index is -1.16. The molecule has 0 amide bonds. The van der Waals surface area contributed by atoms with E-state index in [1.807, 2.05) is 6.92 Å². The van der Waals surface area contributed by atoms with E-state index in [-0.39, 0.29) is 17.4 Å². The molecule has 0 N–H and O–H groups in total. The molecule has 0 bridgehead atoms. The second-order valence-electron chi connectivity index (χ2n) is 7.60. The van der Waals surface area contributed by atoms with Gasteiger partial charge >= 0.3 is 5.97 Å². The number of hydrogen-bond donors (Lipinski definition) is 0. The molecule has 1 aromatic rings. The highest BCUT2D eigenvalue weighted by Crippen LogP contribution is 2.52. The Kier molecular flexibility index (Phi) is 6.15. The smallest absolute Gasteiger partial charge is 0.314 e. The lowest BCUT2D eigenvalue weighted by atomic mass is 9.87. The summed E-state index contributed by atoms with van der Waals surface area (Å²) >= 11 is 0. The average molecular weight is 366 g/mol. The maximum absolute atomic E-state index is 14.2. The van der Waals surface area contributed by atoms with Gasteiger partial charge < -0.3 is 9.47 Å². The van der Waals surface area contributed by atoms with Crippen LogP contribution in [0.15, 0.2) is 12.1 Å². The van der Waals surface area contributed by atoms with Gasteiger partial charge in [0.2, 0.25) is 11.6 Å². The highest BCUT2D eigenvalue weighted by molar-refractivity contribution is 5.76. The standard InChI is InChI=1S/C21H28F2O3/c1-3-5-13-6-7-15-14(13)8-9-16(15)21(24)26-18-11-10-17(25-12-4-2)19(22)20(18)23/h10-11,13-16H,3-9,12H2,1-2H3. The fourth-order valence-electron chi connectivity index (χ4n) is 4.84. The van der Waals surface area contributed by atoms with Gasteiger partial charge in [-0.2, -0.15) is 8.78 Å². The predicted octanol–water partition coefficient (Wildman–Crippen LogP) is 5.51. The van der Waals surface area contributed by atoms with Gasteiger partial charge in [0.15, 0.2) is 11.5 Å². The Labute approximate surface area is 154 Å². The zero-order chi connectivity index (χ0) is 18.7. The molecule has 0 radical (unpaired) electrons. The summed E-state index contributed by atoms with van der Waals surface area (Å²) in [7, 11) is 0. The molecule has 3 rings (SSSR count). The zero-order valence-corrected chi connectivity index (χ0v) is 15.6. The second-order valence-corrected chi connectivity index (χ2v) is 7.60. The van der Waals surface area contributed by atoms with Crippen LogP contribution in [0, 0.1) is 35.3 Å². The molecular formula is C21H28F2O3. The van der Waals surface area contributed by atoms with Gasteiger partial charge in [0.1, 0.15) is 0 Å². The Hall–Kier alpha value is -1.65. The van der Waals surface area contributed by atoms with Crippen molar-refractivity contribution in [3.05, 3.63) is 23.8 Å². The van der Waals surface area contributed by atoms with Crippen molar-refractivity contribution in [2.24, 2.45) is 23.7 Å². The first-order valence-corrected chi connectivity index (χ1v) is 9.89. The average Bonchev–Trinajstić information content (AvgIpc) is 3.21. The van der Waals surface area contributed by atoms with Gasteiger partial charge in [-0.3, -0.25) is 4.79 Å². The summed E-state index contributed by atoms with van der Waals surface area (Å²) in [6.07, 6.45) is 7.10. The number of halogens is 2. The number of fused-ring (bicyclic) bond motifs is 1. The van der Waals surface area contributed by atoms with Gasteiger partial charge in [0.25, 0.3) is 0 Å². The van der Waals surface area contributed by atoms with Gasteiger partial charge in [-0.1, -0.05) is 26.7 Å². The summed E-state index contributed by atoms with van der Waals surface area (Å²) in [5.74, 6) is -1.75. The molecule has 3 nitrogen and oxygen atoms in total. The molecule has 1 aromatic carbocycles. The van der Waals surface area contributed by atoms with Gasteiger partial charge in [-0.25, -0.2) is 0 Å². The topological polar surface area (TPSA) is 35.5 Å². The molecule has 5 heteroatoms. The summed E-state index contributed by atoms with van der Waals surface area (Å²) in [5, 5.41) is 0. The lowest BCUT2D eigenvalue weighted by molar-refractivity contribution is -0.140. The number of ether oxygens (including phenoxy) is 2. The maximum atomic E-state index is 14.2. The van der Waals surface area contributed by atoms with Crippen LogP contribution >= 0.6 is 0 Å². The van der Waals surface area contributed by atoms with Crippen molar-refractivity contribution in [2.75, 3.05) is 6.61 Å². The first kappa shape index (κ1) is 19.1. The number of carbonyl (C=O) groups is 1. The predicted molar refractivity (Wildman–Crippen MR) is 95.1 cm³/mol. The lowest BCUT2D eigenvalue weighted by Crippen LogP contribution is -2.25. The highest BCUT2D eigenvalue weighted by Gasteiger charge is 2.47. The van der Waals surface area contributed by atoms with Crippen LogP contribution in [-0.4, -0.2) is 12.6 Å². The van der Waals surface area contributed by atoms with Crippen LogP contribution in [-0.2, 0) is 4.79 Å². The summed E-state index contributed by atoms with van der Waals surface area (Å²) in [6, 6.07) is 2.60.